The molecule has 1 amide bonds. The number of aryl methyl sites for hydroxylation is 2. The first-order valence-corrected chi connectivity index (χ1v) is 13.8. The molecule has 1 aliphatic carbocycles. The molecule has 1 aliphatic rings. The lowest BCUT2D eigenvalue weighted by Crippen LogP contribution is -2.17. The van der Waals surface area contributed by atoms with Gasteiger partial charge in [-0.1, -0.05) is 55.3 Å². The zero-order valence-corrected chi connectivity index (χ0v) is 22.6. The van der Waals surface area contributed by atoms with Gasteiger partial charge in [-0.25, -0.2) is 9.78 Å². The highest BCUT2D eigenvalue weighted by Gasteiger charge is 2.30. The monoisotopic (exact) mass is 512 g/mol. The van der Waals surface area contributed by atoms with Crippen molar-refractivity contribution in [3.8, 4) is 11.3 Å². The number of para-hydroxylation sites is 1. The number of pyridine rings is 1. The molecule has 0 bridgehead atoms. The number of carbonyl (C=O) groups excluding carboxylic acids is 2. The lowest BCUT2D eigenvalue weighted by molar-refractivity contribution is 0.0526. The molecule has 0 saturated carbocycles. The fraction of sp³-hybridized carbons (Fsp3) is 0.323. The number of ether oxygens (including phenoxy) is 1. The first-order valence-electron chi connectivity index (χ1n) is 13.0. The molecule has 1 atom stereocenters. The molecule has 37 heavy (non-hydrogen) atoms. The Morgan fingerprint density at radius 1 is 1.11 bits per heavy atom. The van der Waals surface area contributed by atoms with Gasteiger partial charge in [-0.2, -0.15) is 0 Å². The SMILES string of the molecule is CCOC(=O)c1c(NC(=O)c2cc(-c3ccc(C)cc3C)nc3ccccc23)sc2c1CCC(CC)C2. The van der Waals surface area contributed by atoms with Crippen LogP contribution < -0.4 is 5.32 Å². The Labute approximate surface area is 221 Å². The lowest BCUT2D eigenvalue weighted by atomic mass is 9.85. The summed E-state index contributed by atoms with van der Waals surface area (Å²) in [4.78, 5) is 32.9. The molecule has 0 fully saturated rings. The Balaban J connectivity index is 1.58. The van der Waals surface area contributed by atoms with Gasteiger partial charge in [-0.15, -0.1) is 11.3 Å². The van der Waals surface area contributed by atoms with E-state index in [4.69, 9.17) is 9.72 Å². The van der Waals surface area contributed by atoms with E-state index in [0.717, 1.165) is 59.0 Å². The molecule has 0 spiro atoms. The highest BCUT2D eigenvalue weighted by atomic mass is 32.1. The normalized spacial score (nSPS) is 14.9. The van der Waals surface area contributed by atoms with E-state index < -0.39 is 0 Å². The van der Waals surface area contributed by atoms with Crippen LogP contribution in [0.4, 0.5) is 5.00 Å². The third kappa shape index (κ3) is 4.90. The Bertz CT molecular complexity index is 1500. The molecule has 4 aromatic rings. The molecule has 0 aliphatic heterocycles. The van der Waals surface area contributed by atoms with Gasteiger partial charge >= 0.3 is 5.97 Å². The van der Waals surface area contributed by atoms with Crippen LogP contribution >= 0.6 is 11.3 Å². The number of thiophene rings is 1. The molecule has 6 heteroatoms. The van der Waals surface area contributed by atoms with E-state index in [2.05, 4.69) is 44.3 Å². The van der Waals surface area contributed by atoms with Crippen LogP contribution in [-0.2, 0) is 17.6 Å². The number of nitrogens with zero attached hydrogens (tertiary/aromatic N) is 1. The fourth-order valence-corrected chi connectivity index (χ4v) is 6.63. The molecule has 1 unspecified atom stereocenters. The van der Waals surface area contributed by atoms with Gasteiger partial charge in [-0.3, -0.25) is 4.79 Å². The number of nitrogens with one attached hydrogen (secondary N) is 1. The molecule has 2 heterocycles. The minimum Gasteiger partial charge on any atom is -0.462 e. The van der Waals surface area contributed by atoms with Crippen LogP contribution in [0.15, 0.2) is 48.5 Å². The quantitative estimate of drug-likeness (QED) is 0.271. The number of amides is 1. The second kappa shape index (κ2) is 10.5. The maximum Gasteiger partial charge on any atom is 0.341 e. The summed E-state index contributed by atoms with van der Waals surface area (Å²) < 4.78 is 5.41. The average Bonchev–Trinajstić information content (AvgIpc) is 3.25. The number of anilines is 1. The van der Waals surface area contributed by atoms with Gasteiger partial charge in [0.2, 0.25) is 0 Å². The third-order valence-corrected chi connectivity index (χ3v) is 8.44. The van der Waals surface area contributed by atoms with Crippen LogP contribution in [0.5, 0.6) is 0 Å². The Hall–Kier alpha value is -3.51. The average molecular weight is 513 g/mol. The number of fused-ring (bicyclic) bond motifs is 2. The van der Waals surface area contributed by atoms with Gasteiger partial charge in [0.15, 0.2) is 0 Å². The van der Waals surface area contributed by atoms with Gasteiger partial charge in [0.05, 0.1) is 28.9 Å². The zero-order valence-electron chi connectivity index (χ0n) is 21.8. The van der Waals surface area contributed by atoms with Gasteiger partial charge in [0.25, 0.3) is 5.91 Å². The van der Waals surface area contributed by atoms with Gasteiger partial charge in [0.1, 0.15) is 5.00 Å². The van der Waals surface area contributed by atoms with Gasteiger partial charge in [0, 0.05) is 15.8 Å². The molecular weight excluding hydrogens is 480 g/mol. The number of aromatic nitrogens is 1. The van der Waals surface area contributed by atoms with Crippen molar-refractivity contribution in [2.45, 2.75) is 53.4 Å². The Morgan fingerprint density at radius 3 is 2.68 bits per heavy atom. The van der Waals surface area contributed by atoms with Crippen molar-refractivity contribution in [1.29, 1.82) is 0 Å². The van der Waals surface area contributed by atoms with Crippen molar-refractivity contribution in [3.63, 3.8) is 0 Å². The third-order valence-electron chi connectivity index (χ3n) is 7.27. The second-order valence-corrected chi connectivity index (χ2v) is 10.9. The highest BCUT2D eigenvalue weighted by molar-refractivity contribution is 7.17. The first kappa shape index (κ1) is 25.2. The molecule has 2 aromatic carbocycles. The predicted molar refractivity (Wildman–Crippen MR) is 151 cm³/mol. The minimum atomic E-state index is -0.360. The van der Waals surface area contributed by atoms with E-state index >= 15 is 0 Å². The summed E-state index contributed by atoms with van der Waals surface area (Å²) in [6.45, 7) is 8.43. The number of carbonyl (C=O) groups is 2. The zero-order chi connectivity index (χ0) is 26.1. The Kier molecular flexibility index (Phi) is 7.11. The number of hydrogen-bond acceptors (Lipinski definition) is 5. The lowest BCUT2D eigenvalue weighted by Gasteiger charge is -2.20. The van der Waals surface area contributed by atoms with Crippen LogP contribution in [-0.4, -0.2) is 23.5 Å². The standard InChI is InChI=1S/C31H32N2O3S/c1-5-20-12-14-23-27(16-20)37-30(28(23)31(35)36-6-2)33-29(34)24-17-26(21-13-11-18(3)15-19(21)4)32-25-10-8-7-9-22(24)25/h7-11,13,15,17,20H,5-6,12,14,16H2,1-4H3,(H,33,34). The molecule has 0 radical (unpaired) electrons. The van der Waals surface area contributed by atoms with Crippen molar-refractivity contribution in [3.05, 3.63) is 81.2 Å². The number of hydrogen-bond donors (Lipinski definition) is 1. The van der Waals surface area contributed by atoms with E-state index in [0.29, 0.717) is 28.7 Å². The summed E-state index contributed by atoms with van der Waals surface area (Å²) in [5, 5.41) is 4.46. The van der Waals surface area contributed by atoms with Gasteiger partial charge in [-0.05, 0) is 69.2 Å². The van der Waals surface area contributed by atoms with E-state index in [1.54, 1.807) is 6.92 Å². The van der Waals surface area contributed by atoms with Crippen molar-refractivity contribution in [2.24, 2.45) is 5.92 Å². The minimum absolute atomic E-state index is 0.249. The number of benzene rings is 2. The number of esters is 1. The van der Waals surface area contributed by atoms with Crippen molar-refractivity contribution in [2.75, 3.05) is 11.9 Å². The summed E-state index contributed by atoms with van der Waals surface area (Å²) in [7, 11) is 0. The molecule has 190 valence electrons. The van der Waals surface area contributed by atoms with Crippen LogP contribution in [0.25, 0.3) is 22.2 Å². The van der Waals surface area contributed by atoms with Crippen molar-refractivity contribution in [1.82, 2.24) is 4.98 Å². The molecular formula is C31H32N2O3S. The van der Waals surface area contributed by atoms with E-state index in [1.165, 1.54) is 21.8 Å². The fourth-order valence-electron chi connectivity index (χ4n) is 5.28. The molecule has 0 saturated heterocycles. The summed E-state index contributed by atoms with van der Waals surface area (Å²) in [6, 6.07) is 15.8. The van der Waals surface area contributed by atoms with Gasteiger partial charge < -0.3 is 10.1 Å². The maximum absolute atomic E-state index is 13.8. The molecule has 5 rings (SSSR count). The summed E-state index contributed by atoms with van der Waals surface area (Å²) in [6.07, 6.45) is 3.93. The molecule has 5 nitrogen and oxygen atoms in total. The first-order chi connectivity index (χ1) is 17.9. The largest absolute Gasteiger partial charge is 0.462 e. The topological polar surface area (TPSA) is 68.3 Å². The maximum atomic E-state index is 13.8. The van der Waals surface area contributed by atoms with Crippen LogP contribution in [0.3, 0.4) is 0 Å². The van der Waals surface area contributed by atoms with Crippen molar-refractivity contribution < 1.29 is 14.3 Å². The highest BCUT2D eigenvalue weighted by Crippen LogP contribution is 2.41. The summed E-state index contributed by atoms with van der Waals surface area (Å²) in [5.41, 5.74) is 6.89. The van der Waals surface area contributed by atoms with Crippen LogP contribution in [0.1, 0.15) is 69.0 Å². The number of rotatable bonds is 6. The summed E-state index contributed by atoms with van der Waals surface area (Å²) >= 11 is 1.52. The second-order valence-electron chi connectivity index (χ2n) is 9.79. The van der Waals surface area contributed by atoms with Crippen molar-refractivity contribution >= 4 is 39.1 Å². The van der Waals surface area contributed by atoms with Crippen LogP contribution in [0, 0.1) is 19.8 Å². The molecule has 2 aromatic heterocycles. The Morgan fingerprint density at radius 2 is 1.92 bits per heavy atom. The van der Waals surface area contributed by atoms with Crippen LogP contribution in [0.2, 0.25) is 0 Å². The van der Waals surface area contributed by atoms with E-state index in [1.807, 2.05) is 30.3 Å². The van der Waals surface area contributed by atoms with E-state index in [9.17, 15) is 9.59 Å². The summed E-state index contributed by atoms with van der Waals surface area (Å²) in [5.74, 6) is -0.00389. The van der Waals surface area contributed by atoms with E-state index in [-0.39, 0.29) is 11.9 Å². The molecule has 1 N–H and O–H groups in total. The smallest absolute Gasteiger partial charge is 0.341 e. The predicted octanol–water partition coefficient (Wildman–Crippen LogP) is 7.52.